The van der Waals surface area contributed by atoms with Gasteiger partial charge in [0.05, 0.1) is 12.1 Å². The van der Waals surface area contributed by atoms with E-state index >= 15 is 0 Å². The Morgan fingerprint density at radius 3 is 2.41 bits per heavy atom. The molecule has 0 spiro atoms. The summed E-state index contributed by atoms with van der Waals surface area (Å²) >= 11 is 0. The maximum Gasteiger partial charge on any atom is 0.256 e. The third kappa shape index (κ3) is 3.89. The molecule has 0 saturated carbocycles. The molecule has 0 aliphatic carbocycles. The van der Waals surface area contributed by atoms with Gasteiger partial charge in [-0.25, -0.2) is 0 Å². The van der Waals surface area contributed by atoms with E-state index in [2.05, 4.69) is 10.3 Å². The van der Waals surface area contributed by atoms with Crippen LogP contribution in [-0.4, -0.2) is 35.3 Å². The normalized spacial score (nSPS) is 10.7. The summed E-state index contributed by atoms with van der Waals surface area (Å²) in [5.41, 5.74) is 4.13. The monoisotopic (exact) mass is 383 g/mol. The number of aromatic nitrogens is 1. The summed E-state index contributed by atoms with van der Waals surface area (Å²) in [6, 6.07) is 25.1. The predicted molar refractivity (Wildman–Crippen MR) is 116 cm³/mol. The molecule has 0 atom stereocenters. The smallest absolute Gasteiger partial charge is 0.256 e. The molecule has 1 heterocycles. The maximum absolute atomic E-state index is 12.8. The van der Waals surface area contributed by atoms with Gasteiger partial charge in [-0.1, -0.05) is 66.7 Å². The first-order valence-electron chi connectivity index (χ1n) is 9.39. The number of anilines is 1. The molecule has 0 fully saturated rings. The lowest BCUT2D eigenvalue weighted by Gasteiger charge is -2.17. The zero-order chi connectivity index (χ0) is 20.2. The molecule has 1 aromatic heterocycles. The van der Waals surface area contributed by atoms with E-state index in [0.717, 1.165) is 27.7 Å². The summed E-state index contributed by atoms with van der Waals surface area (Å²) in [4.78, 5) is 30.0. The van der Waals surface area contributed by atoms with Gasteiger partial charge in [0.1, 0.15) is 0 Å². The molecular formula is C24H21N3O2. The topological polar surface area (TPSA) is 65.2 Å². The minimum atomic E-state index is -0.246. The molecule has 5 nitrogen and oxygen atoms in total. The van der Waals surface area contributed by atoms with Gasteiger partial charge in [0.15, 0.2) is 0 Å². The van der Waals surface area contributed by atoms with Crippen molar-refractivity contribution in [2.45, 2.75) is 0 Å². The number of para-hydroxylation sites is 2. The Bertz CT molecular complexity index is 1160. The molecule has 4 rings (SSSR count). The molecule has 0 unspecified atom stereocenters. The molecule has 144 valence electrons. The summed E-state index contributed by atoms with van der Waals surface area (Å²) in [5, 5.41) is 3.78. The molecule has 0 radical (unpaired) electrons. The Kier molecular flexibility index (Phi) is 5.12. The van der Waals surface area contributed by atoms with Crippen molar-refractivity contribution < 1.29 is 9.59 Å². The summed E-state index contributed by atoms with van der Waals surface area (Å²) in [6.45, 7) is -0.0402. The van der Waals surface area contributed by atoms with E-state index in [9.17, 15) is 9.59 Å². The van der Waals surface area contributed by atoms with Crippen LogP contribution >= 0.6 is 0 Å². The van der Waals surface area contributed by atoms with Gasteiger partial charge in [-0.05, 0) is 17.7 Å². The number of nitrogens with one attached hydrogen (secondary N) is 2. The lowest BCUT2D eigenvalue weighted by molar-refractivity contribution is -0.116. The molecule has 5 heteroatoms. The van der Waals surface area contributed by atoms with Crippen LogP contribution in [0.1, 0.15) is 10.4 Å². The number of rotatable bonds is 5. The standard InChI is InChI=1S/C24H21N3O2/c1-27(24(29)20-15-25-21-13-7-6-12-19(20)21)16-23(28)26-22-14-8-5-11-18(22)17-9-3-2-4-10-17/h2-15,25H,16H2,1H3,(H,26,28). The van der Waals surface area contributed by atoms with Gasteiger partial charge < -0.3 is 15.2 Å². The highest BCUT2D eigenvalue weighted by Crippen LogP contribution is 2.27. The van der Waals surface area contributed by atoms with E-state index in [4.69, 9.17) is 0 Å². The fraction of sp³-hybridized carbons (Fsp3) is 0.0833. The maximum atomic E-state index is 12.8. The van der Waals surface area contributed by atoms with Crippen molar-refractivity contribution in [3.05, 3.63) is 90.6 Å². The van der Waals surface area contributed by atoms with E-state index in [1.807, 2.05) is 78.9 Å². The largest absolute Gasteiger partial charge is 0.360 e. The number of amides is 2. The van der Waals surface area contributed by atoms with Crippen molar-refractivity contribution in [2.75, 3.05) is 18.9 Å². The first kappa shape index (κ1) is 18.5. The van der Waals surface area contributed by atoms with Gasteiger partial charge in [-0.3, -0.25) is 9.59 Å². The third-order valence-corrected chi connectivity index (χ3v) is 4.83. The summed E-state index contributed by atoms with van der Waals surface area (Å²) in [7, 11) is 1.63. The molecule has 0 aliphatic rings. The highest BCUT2D eigenvalue weighted by molar-refractivity contribution is 6.08. The molecule has 4 aromatic rings. The van der Waals surface area contributed by atoms with Crippen LogP contribution in [0.15, 0.2) is 85.1 Å². The zero-order valence-electron chi connectivity index (χ0n) is 16.1. The number of benzene rings is 3. The highest BCUT2D eigenvalue weighted by atomic mass is 16.2. The first-order chi connectivity index (χ1) is 14.1. The molecular weight excluding hydrogens is 362 g/mol. The van der Waals surface area contributed by atoms with Crippen molar-refractivity contribution >= 4 is 28.4 Å². The van der Waals surface area contributed by atoms with Crippen LogP contribution < -0.4 is 5.32 Å². The predicted octanol–water partition coefficient (Wildman–Crippen LogP) is 4.55. The zero-order valence-corrected chi connectivity index (χ0v) is 16.1. The first-order valence-corrected chi connectivity index (χ1v) is 9.39. The van der Waals surface area contributed by atoms with Crippen LogP contribution in [0.5, 0.6) is 0 Å². The molecule has 3 aromatic carbocycles. The number of hydrogen-bond donors (Lipinski definition) is 2. The fourth-order valence-electron chi connectivity index (χ4n) is 3.39. The summed E-state index contributed by atoms with van der Waals surface area (Å²) < 4.78 is 0. The average Bonchev–Trinajstić information content (AvgIpc) is 3.18. The second-order valence-corrected chi connectivity index (χ2v) is 6.87. The van der Waals surface area contributed by atoms with Crippen LogP contribution in [-0.2, 0) is 4.79 Å². The molecule has 0 aliphatic heterocycles. The number of fused-ring (bicyclic) bond motifs is 1. The van der Waals surface area contributed by atoms with Gasteiger partial charge in [0.2, 0.25) is 5.91 Å². The molecule has 2 N–H and O–H groups in total. The van der Waals surface area contributed by atoms with E-state index < -0.39 is 0 Å². The average molecular weight is 383 g/mol. The van der Waals surface area contributed by atoms with Gasteiger partial charge in [-0.2, -0.15) is 0 Å². The van der Waals surface area contributed by atoms with E-state index in [-0.39, 0.29) is 18.4 Å². The third-order valence-electron chi connectivity index (χ3n) is 4.83. The summed E-state index contributed by atoms with van der Waals surface area (Å²) in [5.74, 6) is -0.446. The minimum absolute atomic E-state index is 0.0402. The quantitative estimate of drug-likeness (QED) is 0.531. The number of carbonyl (C=O) groups excluding carboxylic acids is 2. The Morgan fingerprint density at radius 1 is 0.897 bits per heavy atom. The van der Waals surface area contributed by atoms with Gasteiger partial charge in [0.25, 0.3) is 5.91 Å². The second kappa shape index (κ2) is 8.02. The highest BCUT2D eigenvalue weighted by Gasteiger charge is 2.19. The van der Waals surface area contributed by atoms with Crippen LogP contribution in [0.25, 0.3) is 22.0 Å². The van der Waals surface area contributed by atoms with Gasteiger partial charge in [0, 0.05) is 35.4 Å². The molecule has 2 amide bonds. The lowest BCUT2D eigenvalue weighted by Crippen LogP contribution is -2.34. The number of nitrogens with zero attached hydrogens (tertiary/aromatic N) is 1. The Morgan fingerprint density at radius 2 is 1.59 bits per heavy atom. The lowest BCUT2D eigenvalue weighted by atomic mass is 10.0. The van der Waals surface area contributed by atoms with Gasteiger partial charge >= 0.3 is 0 Å². The Hall–Kier alpha value is -3.86. The number of H-pyrrole nitrogens is 1. The van der Waals surface area contributed by atoms with E-state index in [0.29, 0.717) is 5.56 Å². The van der Waals surface area contributed by atoms with E-state index in [1.165, 1.54) is 4.90 Å². The van der Waals surface area contributed by atoms with Crippen molar-refractivity contribution in [3.8, 4) is 11.1 Å². The minimum Gasteiger partial charge on any atom is -0.360 e. The van der Waals surface area contributed by atoms with Crippen LogP contribution in [0.3, 0.4) is 0 Å². The van der Waals surface area contributed by atoms with Crippen molar-refractivity contribution in [1.82, 2.24) is 9.88 Å². The van der Waals surface area contributed by atoms with Crippen LogP contribution in [0.4, 0.5) is 5.69 Å². The second-order valence-electron chi connectivity index (χ2n) is 6.87. The van der Waals surface area contributed by atoms with Crippen LogP contribution in [0.2, 0.25) is 0 Å². The number of carbonyl (C=O) groups is 2. The number of aromatic amines is 1. The Balaban J connectivity index is 1.48. The summed E-state index contributed by atoms with van der Waals surface area (Å²) in [6.07, 6.45) is 1.69. The van der Waals surface area contributed by atoms with Crippen LogP contribution in [0, 0.1) is 0 Å². The molecule has 29 heavy (non-hydrogen) atoms. The molecule has 0 saturated heterocycles. The molecule has 0 bridgehead atoms. The van der Waals surface area contributed by atoms with Crippen molar-refractivity contribution in [2.24, 2.45) is 0 Å². The number of likely N-dealkylation sites (N-methyl/N-ethyl adjacent to an activating group) is 1. The SMILES string of the molecule is CN(CC(=O)Nc1ccccc1-c1ccccc1)C(=O)c1c[nH]c2ccccc12. The Labute approximate surface area is 169 Å². The number of hydrogen-bond acceptors (Lipinski definition) is 2. The van der Waals surface area contributed by atoms with Crippen molar-refractivity contribution in [3.63, 3.8) is 0 Å². The van der Waals surface area contributed by atoms with Crippen molar-refractivity contribution in [1.29, 1.82) is 0 Å². The van der Waals surface area contributed by atoms with Gasteiger partial charge in [-0.15, -0.1) is 0 Å². The van der Waals surface area contributed by atoms with E-state index in [1.54, 1.807) is 13.2 Å². The fourth-order valence-corrected chi connectivity index (χ4v) is 3.39.